The van der Waals surface area contributed by atoms with E-state index in [0.717, 1.165) is 5.56 Å². The molecule has 232 valence electrons. The van der Waals surface area contributed by atoms with Gasteiger partial charge in [-0.3, -0.25) is 9.59 Å². The Bertz CT molecular complexity index is 1620. The van der Waals surface area contributed by atoms with Crippen molar-refractivity contribution >= 4 is 32.8 Å². The van der Waals surface area contributed by atoms with E-state index in [-0.39, 0.29) is 36.4 Å². The van der Waals surface area contributed by atoms with E-state index in [0.29, 0.717) is 49.1 Å². The quantitative estimate of drug-likeness (QED) is 0.207. The van der Waals surface area contributed by atoms with Crippen molar-refractivity contribution in [3.63, 3.8) is 0 Å². The van der Waals surface area contributed by atoms with Gasteiger partial charge in [-0.15, -0.1) is 0 Å². The molecular formula is C33H37N3O7S. The van der Waals surface area contributed by atoms with E-state index < -0.39 is 33.1 Å². The van der Waals surface area contributed by atoms with Gasteiger partial charge in [-0.05, 0) is 48.9 Å². The lowest BCUT2D eigenvalue weighted by atomic mass is 9.94. The van der Waals surface area contributed by atoms with Crippen LogP contribution < -0.4 is 10.6 Å². The minimum absolute atomic E-state index is 0.0199. The Morgan fingerprint density at radius 1 is 0.909 bits per heavy atom. The van der Waals surface area contributed by atoms with Crippen LogP contribution in [0.25, 0.3) is 11.1 Å². The third kappa shape index (κ3) is 7.90. The summed E-state index contributed by atoms with van der Waals surface area (Å²) >= 11 is 0. The molecule has 2 unspecified atom stereocenters. The summed E-state index contributed by atoms with van der Waals surface area (Å²) in [6, 6.07) is 25.2. The lowest BCUT2D eigenvalue weighted by molar-refractivity contribution is -0.128. The van der Waals surface area contributed by atoms with E-state index in [9.17, 15) is 23.1 Å². The van der Waals surface area contributed by atoms with Gasteiger partial charge in [-0.2, -0.15) is 0 Å². The van der Waals surface area contributed by atoms with E-state index in [1.165, 1.54) is 0 Å². The molecule has 0 saturated carbocycles. The number of aryl methyl sites for hydroxylation is 1. The molecule has 1 saturated heterocycles. The van der Waals surface area contributed by atoms with Gasteiger partial charge in [0, 0.05) is 25.7 Å². The van der Waals surface area contributed by atoms with Crippen LogP contribution in [0, 0.1) is 5.92 Å². The molecule has 1 aromatic heterocycles. The van der Waals surface area contributed by atoms with E-state index in [2.05, 4.69) is 15.6 Å². The molecule has 1 aliphatic heterocycles. The molecule has 11 heteroatoms. The molecule has 0 bridgehead atoms. The number of hydrogen-bond acceptors (Lipinski definition) is 8. The highest BCUT2D eigenvalue weighted by Crippen LogP contribution is 2.29. The summed E-state index contributed by atoms with van der Waals surface area (Å²) < 4.78 is 38.5. The second-order valence-corrected chi connectivity index (χ2v) is 13.3. The number of carbonyl (C=O) groups is 2. The highest BCUT2D eigenvalue weighted by molar-refractivity contribution is 7.92. The largest absolute Gasteiger partial charge is 0.437 e. The fourth-order valence-electron chi connectivity index (χ4n) is 5.27. The molecule has 2 atom stereocenters. The van der Waals surface area contributed by atoms with E-state index in [1.54, 1.807) is 54.6 Å². The van der Waals surface area contributed by atoms with Gasteiger partial charge < -0.3 is 24.9 Å². The molecular weight excluding hydrogens is 582 g/mol. The van der Waals surface area contributed by atoms with Gasteiger partial charge in [0.25, 0.3) is 0 Å². The van der Waals surface area contributed by atoms with Gasteiger partial charge in [-0.1, -0.05) is 72.8 Å². The number of hydrogen-bond donors (Lipinski definition) is 3. The number of ether oxygens (including phenoxy) is 1. The number of oxazole rings is 1. The highest BCUT2D eigenvalue weighted by Gasteiger charge is 2.39. The fourth-order valence-corrected chi connectivity index (χ4v) is 6.88. The van der Waals surface area contributed by atoms with Crippen molar-refractivity contribution in [3.8, 4) is 0 Å². The maximum absolute atomic E-state index is 13.7. The van der Waals surface area contributed by atoms with Crippen molar-refractivity contribution in [3.05, 3.63) is 102 Å². The smallest absolute Gasteiger partial charge is 0.240 e. The van der Waals surface area contributed by atoms with Crippen LogP contribution in [0.15, 0.2) is 89.3 Å². The Balaban J connectivity index is 1.36. The Labute approximate surface area is 256 Å². The summed E-state index contributed by atoms with van der Waals surface area (Å²) in [5, 5.41) is 15.7. The number of carbonyl (C=O) groups excluding carboxylic acids is 2. The standard InChI is InChI=1S/C33H37N3O7S/c37-30(26-16-19-42-20-17-26)34-21-29(44(40,41)22-25-11-5-2-6-12-25)31(38)35-23-33(39,18-15-24-9-3-1-4-10-24)32-36-27-13-7-8-14-28(27)43-32/h1-14,26,29,39H,15-23H2,(H,34,37)(H,35,38). The first kappa shape index (κ1) is 31.4. The zero-order valence-electron chi connectivity index (χ0n) is 24.4. The molecule has 0 spiro atoms. The average molecular weight is 620 g/mol. The molecule has 1 aliphatic rings. The number of sulfone groups is 1. The van der Waals surface area contributed by atoms with Crippen LogP contribution in [0.2, 0.25) is 0 Å². The molecule has 4 aromatic rings. The SMILES string of the molecule is O=C(NCC(C(=O)NCC(O)(CCc1ccccc1)c1nc2ccccc2o1)S(=O)(=O)Cc1ccccc1)C1CCOCC1. The minimum Gasteiger partial charge on any atom is -0.437 e. The number of amides is 2. The number of para-hydroxylation sites is 2. The van der Waals surface area contributed by atoms with Gasteiger partial charge in [-0.25, -0.2) is 13.4 Å². The number of aromatic nitrogens is 1. The maximum atomic E-state index is 13.7. The van der Waals surface area contributed by atoms with Gasteiger partial charge in [0.05, 0.1) is 12.3 Å². The third-order valence-electron chi connectivity index (χ3n) is 7.91. The number of benzene rings is 3. The first-order chi connectivity index (χ1) is 21.2. The average Bonchev–Trinajstić information content (AvgIpc) is 3.49. The predicted molar refractivity (Wildman–Crippen MR) is 165 cm³/mol. The van der Waals surface area contributed by atoms with Crippen LogP contribution in [-0.2, 0) is 41.9 Å². The first-order valence-electron chi connectivity index (χ1n) is 14.7. The fraction of sp³-hybridized carbons (Fsp3) is 0.364. The minimum atomic E-state index is -4.08. The molecule has 0 radical (unpaired) electrons. The zero-order valence-corrected chi connectivity index (χ0v) is 25.2. The topological polar surface area (TPSA) is 148 Å². The number of rotatable bonds is 13. The Morgan fingerprint density at radius 2 is 1.55 bits per heavy atom. The molecule has 1 fully saturated rings. The van der Waals surface area contributed by atoms with Crippen molar-refractivity contribution in [1.82, 2.24) is 15.6 Å². The number of nitrogens with one attached hydrogen (secondary N) is 2. The summed E-state index contributed by atoms with van der Waals surface area (Å²) in [7, 11) is -4.08. The second-order valence-electron chi connectivity index (χ2n) is 11.1. The number of nitrogens with zero attached hydrogens (tertiary/aromatic N) is 1. The Morgan fingerprint density at radius 3 is 2.23 bits per heavy atom. The Hall–Kier alpha value is -4.06. The van der Waals surface area contributed by atoms with Crippen LogP contribution >= 0.6 is 0 Å². The normalized spacial score (nSPS) is 16.2. The van der Waals surface area contributed by atoms with Crippen molar-refractivity contribution in [1.29, 1.82) is 0 Å². The summed E-state index contributed by atoms with van der Waals surface area (Å²) in [5.41, 5.74) is 0.764. The third-order valence-corrected chi connectivity index (χ3v) is 9.89. The summed E-state index contributed by atoms with van der Waals surface area (Å²) in [4.78, 5) is 31.0. The number of fused-ring (bicyclic) bond motifs is 1. The van der Waals surface area contributed by atoms with Crippen LogP contribution in [0.3, 0.4) is 0 Å². The first-order valence-corrected chi connectivity index (χ1v) is 16.5. The maximum Gasteiger partial charge on any atom is 0.240 e. The highest BCUT2D eigenvalue weighted by atomic mass is 32.2. The molecule has 0 aliphatic carbocycles. The van der Waals surface area contributed by atoms with Crippen LogP contribution in [0.5, 0.6) is 0 Å². The molecule has 2 amide bonds. The van der Waals surface area contributed by atoms with Crippen molar-refractivity contribution < 1.29 is 32.3 Å². The van der Waals surface area contributed by atoms with Crippen molar-refractivity contribution in [2.24, 2.45) is 5.92 Å². The van der Waals surface area contributed by atoms with E-state index in [1.807, 2.05) is 30.3 Å². The summed E-state index contributed by atoms with van der Waals surface area (Å²) in [5.74, 6) is -1.82. The van der Waals surface area contributed by atoms with E-state index in [4.69, 9.17) is 9.15 Å². The molecule has 3 aromatic carbocycles. The molecule has 5 rings (SSSR count). The number of aliphatic hydroxyl groups is 1. The van der Waals surface area contributed by atoms with E-state index >= 15 is 0 Å². The van der Waals surface area contributed by atoms with Crippen LogP contribution in [0.1, 0.15) is 36.3 Å². The van der Waals surface area contributed by atoms with Gasteiger partial charge >= 0.3 is 0 Å². The van der Waals surface area contributed by atoms with Crippen LogP contribution in [0.4, 0.5) is 0 Å². The van der Waals surface area contributed by atoms with Gasteiger partial charge in [0.2, 0.25) is 17.7 Å². The van der Waals surface area contributed by atoms with Crippen molar-refractivity contribution in [2.75, 3.05) is 26.3 Å². The summed E-state index contributed by atoms with van der Waals surface area (Å²) in [6.07, 6.45) is 1.64. The second kappa shape index (κ2) is 14.1. The van der Waals surface area contributed by atoms with Crippen LogP contribution in [-0.4, -0.2) is 61.9 Å². The monoisotopic (exact) mass is 619 g/mol. The Kier molecular flexibility index (Phi) is 10.1. The molecule has 10 nitrogen and oxygen atoms in total. The predicted octanol–water partition coefficient (Wildman–Crippen LogP) is 3.29. The lowest BCUT2D eigenvalue weighted by Gasteiger charge is -2.27. The van der Waals surface area contributed by atoms with Gasteiger partial charge in [0.1, 0.15) is 5.52 Å². The molecule has 2 heterocycles. The van der Waals surface area contributed by atoms with Gasteiger partial charge in [0.15, 0.2) is 26.3 Å². The lowest BCUT2D eigenvalue weighted by Crippen LogP contribution is -2.51. The molecule has 44 heavy (non-hydrogen) atoms. The summed E-state index contributed by atoms with van der Waals surface area (Å²) in [6.45, 7) is 0.149. The zero-order chi connectivity index (χ0) is 31.0. The van der Waals surface area contributed by atoms with Crippen molar-refractivity contribution in [2.45, 2.75) is 42.3 Å². The molecule has 3 N–H and O–H groups in total.